The molecule has 0 spiro atoms. The third-order valence-corrected chi connectivity index (χ3v) is 4.82. The zero-order valence-corrected chi connectivity index (χ0v) is 18.1. The molecule has 0 radical (unpaired) electrons. The average molecular weight is 444 g/mol. The summed E-state index contributed by atoms with van der Waals surface area (Å²) >= 11 is 5.83. The Morgan fingerprint density at radius 2 is 1.81 bits per heavy atom. The molecule has 0 aliphatic heterocycles. The van der Waals surface area contributed by atoms with Gasteiger partial charge in [-0.15, -0.1) is 0 Å². The fourth-order valence-electron chi connectivity index (χ4n) is 2.82. The fraction of sp³-hybridized carbons (Fsp3) is 0.227. The summed E-state index contributed by atoms with van der Waals surface area (Å²) in [5, 5.41) is 4.48. The minimum Gasteiger partial charge on any atom is -0.493 e. The summed E-state index contributed by atoms with van der Waals surface area (Å²) in [5.41, 5.74) is 7.46. The van der Waals surface area contributed by atoms with E-state index in [-0.39, 0.29) is 18.9 Å². The van der Waals surface area contributed by atoms with Crippen molar-refractivity contribution >= 4 is 23.4 Å². The smallest absolute Gasteiger partial charge is 0.269 e. The molecule has 2 amide bonds. The Hall–Kier alpha value is -3.52. The highest BCUT2D eigenvalue weighted by atomic mass is 35.5. The molecule has 0 fully saturated rings. The number of ether oxygens (including phenoxy) is 2. The van der Waals surface area contributed by atoms with Crippen molar-refractivity contribution in [2.45, 2.75) is 26.9 Å². The van der Waals surface area contributed by atoms with Gasteiger partial charge in [-0.2, -0.15) is 0 Å². The Balaban J connectivity index is 1.58. The van der Waals surface area contributed by atoms with Gasteiger partial charge in [0.25, 0.3) is 5.91 Å². The minimum absolute atomic E-state index is 0.106. The maximum atomic E-state index is 12.4. The predicted octanol–water partition coefficient (Wildman–Crippen LogP) is 3.54. The first kappa shape index (κ1) is 22.2. The first-order valence-electron chi connectivity index (χ1n) is 9.43. The van der Waals surface area contributed by atoms with E-state index in [1.54, 1.807) is 36.4 Å². The van der Waals surface area contributed by atoms with E-state index in [1.165, 1.54) is 13.2 Å². The molecule has 0 aliphatic carbocycles. The number of benzene rings is 2. The number of methoxy groups -OCH3 is 1. The van der Waals surface area contributed by atoms with E-state index in [9.17, 15) is 9.59 Å². The summed E-state index contributed by atoms with van der Waals surface area (Å²) in [6.45, 7) is 3.90. The molecule has 2 N–H and O–H groups in total. The summed E-state index contributed by atoms with van der Waals surface area (Å²) in [5.74, 6) is 0.682. The second-order valence-corrected chi connectivity index (χ2v) is 7.20. The van der Waals surface area contributed by atoms with Crippen LogP contribution in [0.25, 0.3) is 0 Å². The van der Waals surface area contributed by atoms with Crippen LogP contribution in [0.5, 0.6) is 11.5 Å². The van der Waals surface area contributed by atoms with Crippen LogP contribution in [0, 0.1) is 13.8 Å². The SMILES string of the molecule is COc1cc(C(=O)NNC(=O)Cc2ccc(Cl)cc2)ccc1OCc1c(C)noc1C. The van der Waals surface area contributed by atoms with Crippen LogP contribution in [0.15, 0.2) is 47.0 Å². The number of aromatic nitrogens is 1. The Labute approximate surface area is 184 Å². The average Bonchev–Trinajstić information content (AvgIpc) is 3.09. The van der Waals surface area contributed by atoms with E-state index in [1.807, 2.05) is 13.8 Å². The van der Waals surface area contributed by atoms with Gasteiger partial charge in [-0.25, -0.2) is 0 Å². The standard InChI is InChI=1S/C22H22ClN3O5/c1-13-18(14(2)31-26-13)12-30-19-9-6-16(11-20(19)29-3)22(28)25-24-21(27)10-15-4-7-17(23)8-5-15/h4-9,11H,10,12H2,1-3H3,(H,24,27)(H,25,28). The number of nitrogens with one attached hydrogen (secondary N) is 2. The van der Waals surface area contributed by atoms with Gasteiger partial charge in [0.2, 0.25) is 5.91 Å². The molecular formula is C22H22ClN3O5. The molecule has 3 aromatic rings. The molecule has 0 saturated heterocycles. The molecule has 0 saturated carbocycles. The van der Waals surface area contributed by atoms with Crippen molar-refractivity contribution in [2.75, 3.05) is 7.11 Å². The van der Waals surface area contributed by atoms with Crippen LogP contribution in [-0.4, -0.2) is 24.1 Å². The van der Waals surface area contributed by atoms with Crippen LogP contribution in [-0.2, 0) is 17.8 Å². The number of carbonyl (C=O) groups excluding carboxylic acids is 2. The number of halogens is 1. The van der Waals surface area contributed by atoms with Gasteiger partial charge >= 0.3 is 0 Å². The minimum atomic E-state index is -0.486. The molecule has 8 nitrogen and oxygen atoms in total. The molecule has 0 bridgehead atoms. The van der Waals surface area contributed by atoms with Gasteiger partial charge in [0, 0.05) is 10.6 Å². The first-order chi connectivity index (χ1) is 14.9. The normalized spacial score (nSPS) is 10.5. The predicted molar refractivity (Wildman–Crippen MR) is 114 cm³/mol. The number of hydrogen-bond acceptors (Lipinski definition) is 6. The van der Waals surface area contributed by atoms with Crippen LogP contribution in [0.4, 0.5) is 0 Å². The maximum absolute atomic E-state index is 12.4. The maximum Gasteiger partial charge on any atom is 0.269 e. The van der Waals surface area contributed by atoms with Crippen molar-refractivity contribution in [1.82, 2.24) is 16.0 Å². The summed E-state index contributed by atoms with van der Waals surface area (Å²) in [4.78, 5) is 24.4. The van der Waals surface area contributed by atoms with E-state index in [4.69, 9.17) is 25.6 Å². The monoisotopic (exact) mass is 443 g/mol. The van der Waals surface area contributed by atoms with Gasteiger partial charge in [0.15, 0.2) is 11.5 Å². The lowest BCUT2D eigenvalue weighted by Crippen LogP contribution is -2.42. The highest BCUT2D eigenvalue weighted by Crippen LogP contribution is 2.29. The molecule has 31 heavy (non-hydrogen) atoms. The lowest BCUT2D eigenvalue weighted by Gasteiger charge is -2.13. The lowest BCUT2D eigenvalue weighted by atomic mass is 10.1. The van der Waals surface area contributed by atoms with Crippen molar-refractivity contribution in [2.24, 2.45) is 0 Å². The Bertz CT molecular complexity index is 1060. The van der Waals surface area contributed by atoms with Crippen LogP contribution in [0.1, 0.15) is 32.9 Å². The van der Waals surface area contributed by atoms with E-state index < -0.39 is 5.91 Å². The van der Waals surface area contributed by atoms with Crippen LogP contribution in [0.3, 0.4) is 0 Å². The van der Waals surface area contributed by atoms with Gasteiger partial charge in [-0.1, -0.05) is 28.9 Å². The molecular weight excluding hydrogens is 422 g/mol. The Kier molecular flexibility index (Phi) is 7.15. The summed E-state index contributed by atoms with van der Waals surface area (Å²) < 4.78 is 16.3. The molecule has 0 aliphatic rings. The van der Waals surface area contributed by atoms with Gasteiger partial charge in [0.05, 0.1) is 24.8 Å². The first-order valence-corrected chi connectivity index (χ1v) is 9.81. The van der Waals surface area contributed by atoms with Crippen LogP contribution < -0.4 is 20.3 Å². The van der Waals surface area contributed by atoms with E-state index in [0.717, 1.165) is 16.8 Å². The second-order valence-electron chi connectivity index (χ2n) is 6.76. The van der Waals surface area contributed by atoms with Crippen molar-refractivity contribution in [3.05, 3.63) is 75.6 Å². The van der Waals surface area contributed by atoms with Crippen LogP contribution in [0.2, 0.25) is 5.02 Å². The van der Waals surface area contributed by atoms with Gasteiger partial charge in [0.1, 0.15) is 12.4 Å². The molecule has 1 aromatic heterocycles. The topological polar surface area (TPSA) is 103 Å². The van der Waals surface area contributed by atoms with Crippen molar-refractivity contribution in [1.29, 1.82) is 0 Å². The number of aryl methyl sites for hydroxylation is 2. The zero-order chi connectivity index (χ0) is 22.4. The van der Waals surface area contributed by atoms with E-state index in [2.05, 4.69) is 16.0 Å². The number of hydrazine groups is 1. The molecule has 0 unspecified atom stereocenters. The van der Waals surface area contributed by atoms with Crippen LogP contribution >= 0.6 is 11.6 Å². The highest BCUT2D eigenvalue weighted by Gasteiger charge is 2.15. The Morgan fingerprint density at radius 1 is 1.06 bits per heavy atom. The zero-order valence-electron chi connectivity index (χ0n) is 17.3. The summed E-state index contributed by atoms with van der Waals surface area (Å²) in [7, 11) is 1.48. The molecule has 9 heteroatoms. The number of carbonyl (C=O) groups is 2. The number of rotatable bonds is 7. The molecule has 0 atom stereocenters. The summed E-state index contributed by atoms with van der Waals surface area (Å²) in [6.07, 6.45) is 0.106. The molecule has 162 valence electrons. The van der Waals surface area contributed by atoms with Crippen molar-refractivity contribution < 1.29 is 23.6 Å². The largest absolute Gasteiger partial charge is 0.493 e. The quantitative estimate of drug-likeness (QED) is 0.541. The highest BCUT2D eigenvalue weighted by molar-refractivity contribution is 6.30. The fourth-order valence-corrected chi connectivity index (χ4v) is 2.94. The van der Waals surface area contributed by atoms with E-state index in [0.29, 0.717) is 27.8 Å². The second kappa shape index (κ2) is 9.99. The third-order valence-electron chi connectivity index (χ3n) is 4.57. The lowest BCUT2D eigenvalue weighted by molar-refractivity contribution is -0.121. The van der Waals surface area contributed by atoms with Gasteiger partial charge < -0.3 is 14.0 Å². The molecule has 3 rings (SSSR count). The molecule has 2 aromatic carbocycles. The summed E-state index contributed by atoms with van der Waals surface area (Å²) in [6, 6.07) is 11.6. The number of hydrogen-bond donors (Lipinski definition) is 2. The molecule has 1 heterocycles. The number of nitrogens with zero attached hydrogens (tertiary/aromatic N) is 1. The van der Waals surface area contributed by atoms with Gasteiger partial charge in [-0.05, 0) is 49.7 Å². The Morgan fingerprint density at radius 3 is 2.45 bits per heavy atom. The third kappa shape index (κ3) is 5.76. The van der Waals surface area contributed by atoms with Crippen molar-refractivity contribution in [3.8, 4) is 11.5 Å². The van der Waals surface area contributed by atoms with Crippen molar-refractivity contribution in [3.63, 3.8) is 0 Å². The van der Waals surface area contributed by atoms with Gasteiger partial charge in [-0.3, -0.25) is 20.4 Å². The van der Waals surface area contributed by atoms with E-state index >= 15 is 0 Å². The number of amides is 2.